The molecule has 2 heteroatoms. The Morgan fingerprint density at radius 2 is 1.25 bits per heavy atom. The van der Waals surface area contributed by atoms with Gasteiger partial charge in [-0.1, -0.05) is 138 Å². The van der Waals surface area contributed by atoms with Gasteiger partial charge in [0.1, 0.15) is 11.4 Å². The Balaban J connectivity index is 1.19. The fourth-order valence-electron chi connectivity index (χ4n) is 14.6. The number of hydrogen-bond donors (Lipinski definition) is 0. The zero-order valence-electron chi connectivity index (χ0n) is 32.3. The first-order valence-corrected chi connectivity index (χ1v) is 20.3. The zero-order valence-corrected chi connectivity index (χ0v) is 32.3. The van der Waals surface area contributed by atoms with Gasteiger partial charge in [0.25, 0.3) is 0 Å². The summed E-state index contributed by atoms with van der Waals surface area (Å²) in [5, 5.41) is 0. The molecule has 0 heterocycles. The third-order valence-electron chi connectivity index (χ3n) is 16.8. The van der Waals surface area contributed by atoms with Crippen LogP contribution in [0, 0.1) is 56.7 Å². The molecule has 5 aliphatic rings. The van der Waals surface area contributed by atoms with E-state index in [1.54, 1.807) is 0 Å². The van der Waals surface area contributed by atoms with E-state index in [1.165, 1.54) is 73.6 Å². The fourth-order valence-corrected chi connectivity index (χ4v) is 14.6. The summed E-state index contributed by atoms with van der Waals surface area (Å²) in [7, 11) is 0. The van der Waals surface area contributed by atoms with Gasteiger partial charge in [0.15, 0.2) is 0 Å². The molecular weight excluding hydrogens is 621 g/mol. The van der Waals surface area contributed by atoms with Gasteiger partial charge in [0, 0.05) is 12.8 Å². The minimum Gasteiger partial charge on any atom is -0.360 e. The summed E-state index contributed by atoms with van der Waals surface area (Å²) in [5.74, 6) is 3.46. The molecule has 270 valence electrons. The second-order valence-corrected chi connectivity index (χ2v) is 19.5. The van der Waals surface area contributed by atoms with Gasteiger partial charge in [0.2, 0.25) is 0 Å². The van der Waals surface area contributed by atoms with Crippen molar-refractivity contribution in [2.45, 2.75) is 111 Å². The Kier molecular flexibility index (Phi) is 8.46. The maximum atomic E-state index is 13.4. The van der Waals surface area contributed by atoms with Crippen molar-refractivity contribution in [3.8, 4) is 0 Å². The lowest BCUT2D eigenvalue weighted by Gasteiger charge is -2.72. The number of ether oxygens (including phenoxy) is 1. The summed E-state index contributed by atoms with van der Waals surface area (Å²) in [5.41, 5.74) is 4.99. The lowest BCUT2D eigenvalue weighted by Crippen LogP contribution is -2.66. The second-order valence-electron chi connectivity index (χ2n) is 19.5. The number of carbonyl (C=O) groups excluding carboxylic acids is 1. The van der Waals surface area contributed by atoms with Crippen LogP contribution in [0.5, 0.6) is 0 Å². The number of allylic oxidation sites excluding steroid dienone is 1. The minimum atomic E-state index is -0.706. The largest absolute Gasteiger partial charge is 0.360 e. The first kappa shape index (κ1) is 35.1. The quantitative estimate of drug-likeness (QED) is 0.183. The fraction of sp³-hybridized carbons (Fsp3) is 0.571. The summed E-state index contributed by atoms with van der Waals surface area (Å²) in [6, 6.07) is 32.9. The number of ketones is 1. The van der Waals surface area contributed by atoms with Gasteiger partial charge in [-0.05, 0) is 132 Å². The Morgan fingerprint density at radius 3 is 1.80 bits per heavy atom. The molecule has 5 saturated carbocycles. The van der Waals surface area contributed by atoms with Crippen LogP contribution in [-0.4, -0.2) is 12.4 Å². The first-order chi connectivity index (χ1) is 24.3. The van der Waals surface area contributed by atoms with E-state index in [0.717, 1.165) is 19.4 Å². The molecule has 2 nitrogen and oxygen atoms in total. The normalized spacial score (nSPS) is 38.5. The molecule has 5 fully saturated rings. The second kappa shape index (κ2) is 12.3. The lowest BCUT2D eigenvalue weighted by atomic mass is 9.32. The van der Waals surface area contributed by atoms with E-state index in [1.807, 2.05) is 0 Å². The molecule has 0 aromatic heterocycles. The van der Waals surface area contributed by atoms with Crippen LogP contribution in [0.3, 0.4) is 0 Å². The van der Waals surface area contributed by atoms with Crippen LogP contribution in [-0.2, 0) is 15.1 Å². The highest BCUT2D eigenvalue weighted by Crippen LogP contribution is 2.77. The molecular formula is C49H62O2. The molecule has 8 rings (SSSR count). The third-order valence-corrected chi connectivity index (χ3v) is 16.8. The summed E-state index contributed by atoms with van der Waals surface area (Å²) < 4.78 is 7.76. The molecule has 3 aromatic carbocycles. The molecule has 0 aliphatic heterocycles. The number of benzene rings is 3. The van der Waals surface area contributed by atoms with Crippen molar-refractivity contribution in [1.29, 1.82) is 0 Å². The van der Waals surface area contributed by atoms with Gasteiger partial charge in [-0.25, -0.2) is 0 Å². The van der Waals surface area contributed by atoms with Crippen LogP contribution in [0.4, 0.5) is 0 Å². The molecule has 51 heavy (non-hydrogen) atoms. The average molecular weight is 683 g/mol. The Labute approximate surface area is 308 Å². The van der Waals surface area contributed by atoms with E-state index in [2.05, 4.69) is 139 Å². The van der Waals surface area contributed by atoms with Crippen molar-refractivity contribution in [3.63, 3.8) is 0 Å². The van der Waals surface area contributed by atoms with E-state index in [4.69, 9.17) is 4.74 Å². The standard InChI is InChI=1S/C49H62O2/c1-34(2)39-25-28-48(33-51-49(35-17-11-8-12-18-35,36-19-13-9-14-20-36)37-21-15-10-16-22-37)30-29-46(6)40(43(39)48)23-24-42-45(5)32-38(50)31-44(3,4)41(45)26-27-47(42,46)7/h8-22,39-43H,1,23-33H2,2-7H3/t39-,40?,41?,42?,43?,45-,46+,47+,48+/m0/s1. The highest BCUT2D eigenvalue weighted by molar-refractivity contribution is 5.81. The zero-order chi connectivity index (χ0) is 35.9. The molecule has 3 aromatic rings. The number of Topliss-reactive ketones (excluding diaryl/α,β-unsaturated/α-hetero) is 1. The van der Waals surface area contributed by atoms with Crippen LogP contribution in [0.25, 0.3) is 0 Å². The van der Waals surface area contributed by atoms with E-state index in [-0.39, 0.29) is 27.1 Å². The molecule has 5 aliphatic carbocycles. The molecule has 0 radical (unpaired) electrons. The van der Waals surface area contributed by atoms with Crippen LogP contribution in [0.1, 0.15) is 122 Å². The van der Waals surface area contributed by atoms with Gasteiger partial charge in [0.05, 0.1) is 6.61 Å². The Bertz CT molecular complexity index is 1660. The van der Waals surface area contributed by atoms with Gasteiger partial charge in [-0.15, -0.1) is 0 Å². The van der Waals surface area contributed by atoms with Crippen molar-refractivity contribution in [2.75, 3.05) is 6.61 Å². The van der Waals surface area contributed by atoms with Crippen molar-refractivity contribution in [2.24, 2.45) is 56.7 Å². The van der Waals surface area contributed by atoms with E-state index in [0.29, 0.717) is 35.4 Å². The topological polar surface area (TPSA) is 26.3 Å². The van der Waals surface area contributed by atoms with Crippen LogP contribution in [0.2, 0.25) is 0 Å². The van der Waals surface area contributed by atoms with Gasteiger partial charge >= 0.3 is 0 Å². The average Bonchev–Trinajstić information content (AvgIpc) is 3.50. The summed E-state index contributed by atoms with van der Waals surface area (Å²) >= 11 is 0. The molecule has 4 unspecified atom stereocenters. The maximum Gasteiger partial charge on any atom is 0.143 e. The predicted octanol–water partition coefficient (Wildman–Crippen LogP) is 12.2. The maximum absolute atomic E-state index is 13.4. The Hall–Kier alpha value is -2.97. The first-order valence-electron chi connectivity index (χ1n) is 20.3. The number of fused-ring (bicyclic) bond motifs is 7. The van der Waals surface area contributed by atoms with Gasteiger partial charge in [-0.2, -0.15) is 0 Å². The number of rotatable bonds is 7. The number of hydrogen-bond acceptors (Lipinski definition) is 2. The molecule has 0 N–H and O–H groups in total. The molecule has 0 amide bonds. The van der Waals surface area contributed by atoms with Crippen molar-refractivity contribution < 1.29 is 9.53 Å². The van der Waals surface area contributed by atoms with Gasteiger partial charge < -0.3 is 4.74 Å². The summed E-state index contributed by atoms with van der Waals surface area (Å²) in [6.07, 6.45) is 11.5. The molecule has 9 atom stereocenters. The molecule has 0 bridgehead atoms. The van der Waals surface area contributed by atoms with Crippen LogP contribution in [0.15, 0.2) is 103 Å². The highest BCUT2D eigenvalue weighted by atomic mass is 16.5. The SMILES string of the molecule is C=C(C)[C@@H]1CC[C@]2(COC(c3ccccc3)(c3ccccc3)c3ccccc3)CC[C@]3(C)C(CCC4[C@@]5(C)CC(=O)CC(C)(C)C5CC[C@]43C)C12. The Morgan fingerprint density at radius 1 is 0.686 bits per heavy atom. The predicted molar refractivity (Wildman–Crippen MR) is 209 cm³/mol. The molecule has 0 saturated heterocycles. The van der Waals surface area contributed by atoms with Gasteiger partial charge in [-0.3, -0.25) is 4.79 Å². The van der Waals surface area contributed by atoms with Crippen molar-refractivity contribution in [1.82, 2.24) is 0 Å². The monoisotopic (exact) mass is 682 g/mol. The third kappa shape index (κ3) is 5.08. The van der Waals surface area contributed by atoms with E-state index in [9.17, 15) is 4.79 Å². The lowest BCUT2D eigenvalue weighted by molar-refractivity contribution is -0.239. The van der Waals surface area contributed by atoms with Crippen molar-refractivity contribution in [3.05, 3.63) is 120 Å². The van der Waals surface area contributed by atoms with E-state index < -0.39 is 5.60 Å². The van der Waals surface area contributed by atoms with E-state index >= 15 is 0 Å². The smallest absolute Gasteiger partial charge is 0.143 e. The van der Waals surface area contributed by atoms with Crippen LogP contribution < -0.4 is 0 Å². The van der Waals surface area contributed by atoms with Crippen molar-refractivity contribution >= 4 is 5.78 Å². The highest BCUT2D eigenvalue weighted by Gasteiger charge is 2.71. The molecule has 0 spiro atoms. The van der Waals surface area contributed by atoms with Crippen LogP contribution >= 0.6 is 0 Å². The summed E-state index contributed by atoms with van der Waals surface area (Å²) in [4.78, 5) is 13.4. The number of carbonyl (C=O) groups is 1. The summed E-state index contributed by atoms with van der Waals surface area (Å²) in [6.45, 7) is 20.5. The minimum absolute atomic E-state index is 0.0987.